The van der Waals surface area contributed by atoms with Crippen LogP contribution in [0.3, 0.4) is 0 Å². The summed E-state index contributed by atoms with van der Waals surface area (Å²) in [4.78, 5) is 4.16. The number of nitrogens with two attached hydrogens (primary N) is 2. The standard InChI is InChI=1S/C14H15N3O3/c15-11-7-13(16)17-14-10(11)5-8-1-2-9(19-4-3-18)6-12(8)20-14/h1-2,6-7,18H,3-5H2,(H4,15,16,17). The number of nitrogen functional groups attached to an aromatic ring is 2. The summed E-state index contributed by atoms with van der Waals surface area (Å²) in [5.74, 6) is 2.08. The number of pyridine rings is 1. The second-order valence-corrected chi connectivity index (χ2v) is 4.54. The molecule has 5 N–H and O–H groups in total. The molecule has 0 spiro atoms. The zero-order valence-electron chi connectivity index (χ0n) is 10.8. The number of rotatable bonds is 3. The van der Waals surface area contributed by atoms with E-state index in [1.54, 1.807) is 12.1 Å². The third-order valence-corrected chi connectivity index (χ3v) is 3.11. The molecule has 1 aromatic carbocycles. The minimum absolute atomic E-state index is 0.0323. The first-order chi connectivity index (χ1) is 9.67. The van der Waals surface area contributed by atoms with Gasteiger partial charge < -0.3 is 26.0 Å². The molecule has 6 nitrogen and oxygen atoms in total. The summed E-state index contributed by atoms with van der Waals surface area (Å²) in [5.41, 5.74) is 14.0. The maximum atomic E-state index is 8.76. The number of nitrogens with zero attached hydrogens (tertiary/aromatic N) is 1. The average Bonchev–Trinajstić information content (AvgIpc) is 2.43. The van der Waals surface area contributed by atoms with Crippen molar-refractivity contribution in [1.82, 2.24) is 4.98 Å². The van der Waals surface area contributed by atoms with Crippen LogP contribution in [0.4, 0.5) is 11.5 Å². The fourth-order valence-corrected chi connectivity index (χ4v) is 2.17. The first-order valence-electron chi connectivity index (χ1n) is 6.26. The topological polar surface area (TPSA) is 104 Å². The smallest absolute Gasteiger partial charge is 0.226 e. The van der Waals surface area contributed by atoms with E-state index < -0.39 is 0 Å². The molecule has 0 atom stereocenters. The molecule has 0 aliphatic carbocycles. The number of fused-ring (bicyclic) bond motifs is 2. The molecule has 1 aliphatic heterocycles. The van der Waals surface area contributed by atoms with E-state index >= 15 is 0 Å². The monoisotopic (exact) mass is 273 g/mol. The van der Waals surface area contributed by atoms with Gasteiger partial charge in [-0.3, -0.25) is 0 Å². The summed E-state index contributed by atoms with van der Waals surface area (Å²) >= 11 is 0. The van der Waals surface area contributed by atoms with E-state index in [2.05, 4.69) is 4.98 Å². The van der Waals surface area contributed by atoms with E-state index in [1.807, 2.05) is 12.1 Å². The summed E-state index contributed by atoms with van der Waals surface area (Å²) in [7, 11) is 0. The van der Waals surface area contributed by atoms with Gasteiger partial charge in [-0.1, -0.05) is 6.07 Å². The average molecular weight is 273 g/mol. The first-order valence-corrected chi connectivity index (χ1v) is 6.26. The number of benzene rings is 1. The van der Waals surface area contributed by atoms with E-state index in [0.717, 1.165) is 11.1 Å². The Kier molecular flexibility index (Phi) is 3.08. The third kappa shape index (κ3) is 2.21. The Morgan fingerprint density at radius 1 is 1.30 bits per heavy atom. The van der Waals surface area contributed by atoms with Gasteiger partial charge in [0.25, 0.3) is 0 Å². The van der Waals surface area contributed by atoms with Crippen molar-refractivity contribution in [3.63, 3.8) is 0 Å². The molecule has 2 aromatic rings. The van der Waals surface area contributed by atoms with Gasteiger partial charge in [0.1, 0.15) is 23.9 Å². The normalized spacial score (nSPS) is 12.2. The molecule has 0 bridgehead atoms. The van der Waals surface area contributed by atoms with Crippen molar-refractivity contribution in [3.05, 3.63) is 35.4 Å². The van der Waals surface area contributed by atoms with Gasteiger partial charge in [-0.25, -0.2) is 0 Å². The second-order valence-electron chi connectivity index (χ2n) is 4.54. The quantitative estimate of drug-likeness (QED) is 0.664. The Morgan fingerprint density at radius 3 is 2.95 bits per heavy atom. The van der Waals surface area contributed by atoms with E-state index in [1.165, 1.54) is 0 Å². The zero-order valence-corrected chi connectivity index (χ0v) is 10.8. The lowest BCUT2D eigenvalue weighted by molar-refractivity contribution is 0.201. The fraction of sp³-hybridized carbons (Fsp3) is 0.214. The highest BCUT2D eigenvalue weighted by Crippen LogP contribution is 2.40. The molecule has 0 amide bonds. The maximum Gasteiger partial charge on any atom is 0.226 e. The Balaban J connectivity index is 1.94. The predicted octanol–water partition coefficient (Wildman–Crippen LogP) is 1.31. The van der Waals surface area contributed by atoms with Crippen molar-refractivity contribution >= 4 is 11.5 Å². The fourth-order valence-electron chi connectivity index (χ4n) is 2.17. The molecule has 0 radical (unpaired) electrons. The molecular weight excluding hydrogens is 258 g/mol. The zero-order chi connectivity index (χ0) is 14.1. The number of hydrogen-bond acceptors (Lipinski definition) is 6. The van der Waals surface area contributed by atoms with Gasteiger partial charge in [-0.05, 0) is 11.6 Å². The van der Waals surface area contributed by atoms with Gasteiger partial charge in [0.05, 0.1) is 6.61 Å². The van der Waals surface area contributed by atoms with Gasteiger partial charge >= 0.3 is 0 Å². The van der Waals surface area contributed by atoms with Crippen LogP contribution in [0.5, 0.6) is 17.4 Å². The molecule has 20 heavy (non-hydrogen) atoms. The second kappa shape index (κ2) is 4.90. The van der Waals surface area contributed by atoms with Crippen LogP contribution in [0.25, 0.3) is 0 Å². The van der Waals surface area contributed by atoms with Crippen molar-refractivity contribution in [1.29, 1.82) is 0 Å². The van der Waals surface area contributed by atoms with E-state index in [9.17, 15) is 0 Å². The number of ether oxygens (including phenoxy) is 2. The molecule has 2 heterocycles. The number of aliphatic hydroxyl groups is 1. The number of aliphatic hydroxyl groups excluding tert-OH is 1. The van der Waals surface area contributed by atoms with Crippen LogP contribution >= 0.6 is 0 Å². The van der Waals surface area contributed by atoms with Crippen molar-refractivity contribution in [3.8, 4) is 17.4 Å². The van der Waals surface area contributed by atoms with Crippen LogP contribution in [-0.4, -0.2) is 23.3 Å². The van der Waals surface area contributed by atoms with Crippen molar-refractivity contribution < 1.29 is 14.6 Å². The molecule has 3 rings (SSSR count). The number of hydrogen-bond donors (Lipinski definition) is 3. The van der Waals surface area contributed by atoms with Crippen molar-refractivity contribution in [2.75, 3.05) is 24.7 Å². The highest BCUT2D eigenvalue weighted by Gasteiger charge is 2.21. The summed E-state index contributed by atoms with van der Waals surface area (Å²) in [5, 5.41) is 8.76. The van der Waals surface area contributed by atoms with Gasteiger partial charge in [-0.2, -0.15) is 4.98 Å². The van der Waals surface area contributed by atoms with E-state index in [4.69, 9.17) is 26.0 Å². The number of anilines is 2. The third-order valence-electron chi connectivity index (χ3n) is 3.11. The Morgan fingerprint density at radius 2 is 2.15 bits per heavy atom. The van der Waals surface area contributed by atoms with E-state index in [0.29, 0.717) is 35.3 Å². The van der Waals surface area contributed by atoms with Gasteiger partial charge in [0.2, 0.25) is 5.88 Å². The Labute approximate surface area is 115 Å². The molecule has 6 heteroatoms. The minimum atomic E-state index is -0.0323. The molecule has 1 aliphatic rings. The lowest BCUT2D eigenvalue weighted by Crippen LogP contribution is -2.10. The highest BCUT2D eigenvalue weighted by atomic mass is 16.5. The summed E-state index contributed by atoms with van der Waals surface area (Å²) in [6.07, 6.45) is 0.643. The Bertz CT molecular complexity index is 658. The van der Waals surface area contributed by atoms with Gasteiger partial charge in [-0.15, -0.1) is 0 Å². The van der Waals surface area contributed by atoms with Crippen LogP contribution in [0.1, 0.15) is 11.1 Å². The molecule has 0 unspecified atom stereocenters. The summed E-state index contributed by atoms with van der Waals surface area (Å²) < 4.78 is 11.1. The van der Waals surface area contributed by atoms with Crippen LogP contribution in [0.15, 0.2) is 24.3 Å². The summed E-state index contributed by atoms with van der Waals surface area (Å²) in [6, 6.07) is 7.16. The molecule has 0 saturated carbocycles. The van der Waals surface area contributed by atoms with E-state index in [-0.39, 0.29) is 13.2 Å². The highest BCUT2D eigenvalue weighted by molar-refractivity contribution is 5.62. The molecule has 0 saturated heterocycles. The molecule has 0 fully saturated rings. The molecular formula is C14H15N3O3. The van der Waals surface area contributed by atoms with Crippen molar-refractivity contribution in [2.45, 2.75) is 6.42 Å². The summed E-state index contributed by atoms with van der Waals surface area (Å²) in [6.45, 7) is 0.211. The van der Waals surface area contributed by atoms with Crippen LogP contribution in [0.2, 0.25) is 0 Å². The predicted molar refractivity (Wildman–Crippen MR) is 75.0 cm³/mol. The first kappa shape index (κ1) is 12.6. The Hall–Kier alpha value is -2.47. The SMILES string of the molecule is Nc1cc(N)c2c(n1)Oc1cc(OCCO)ccc1C2. The minimum Gasteiger partial charge on any atom is -0.491 e. The lowest BCUT2D eigenvalue weighted by atomic mass is 10.0. The van der Waals surface area contributed by atoms with Crippen molar-refractivity contribution in [2.24, 2.45) is 0 Å². The largest absolute Gasteiger partial charge is 0.491 e. The van der Waals surface area contributed by atoms with Gasteiger partial charge in [0, 0.05) is 29.8 Å². The molecule has 104 valence electrons. The van der Waals surface area contributed by atoms with Crippen LogP contribution in [0, 0.1) is 0 Å². The maximum absolute atomic E-state index is 8.76. The number of aromatic nitrogens is 1. The van der Waals surface area contributed by atoms with Gasteiger partial charge in [0.15, 0.2) is 0 Å². The molecule has 1 aromatic heterocycles. The van der Waals surface area contributed by atoms with Crippen LogP contribution in [-0.2, 0) is 6.42 Å². The lowest BCUT2D eigenvalue weighted by Gasteiger charge is -2.21. The van der Waals surface area contributed by atoms with Crippen LogP contribution < -0.4 is 20.9 Å².